The summed E-state index contributed by atoms with van der Waals surface area (Å²) in [6.45, 7) is 2.19. The summed E-state index contributed by atoms with van der Waals surface area (Å²) in [5.74, 6) is 0.743. The first-order valence-electron chi connectivity index (χ1n) is 7.55. The van der Waals surface area contributed by atoms with Crippen LogP contribution < -0.4 is 5.32 Å². The predicted octanol–water partition coefficient (Wildman–Crippen LogP) is 4.16. The number of pyridine rings is 1. The molecule has 2 N–H and O–H groups in total. The number of nitrogens with zero attached hydrogens (tertiary/aromatic N) is 1. The summed E-state index contributed by atoms with van der Waals surface area (Å²) in [6.07, 6.45) is 2.79. The van der Waals surface area contributed by atoms with E-state index < -0.39 is 0 Å². The fourth-order valence-corrected chi connectivity index (χ4v) is 1.94. The van der Waals surface area contributed by atoms with Crippen LogP contribution in [0.25, 0.3) is 0 Å². The van der Waals surface area contributed by atoms with Gasteiger partial charge < -0.3 is 15.4 Å². The van der Waals surface area contributed by atoms with Crippen molar-refractivity contribution in [2.24, 2.45) is 0 Å². The van der Waals surface area contributed by atoms with Gasteiger partial charge in [-0.15, -0.1) is 6.07 Å². The minimum Gasteiger partial charge on any atom is -0.393 e. The molecule has 1 radical (unpaired) electrons. The number of benzene rings is 2. The number of nitrogens with one attached hydrogen (secondary N) is 1. The Balaban J connectivity index is 0.000000273. The molecule has 0 aliphatic carbocycles. The zero-order valence-electron chi connectivity index (χ0n) is 13.7. The Morgan fingerprint density at radius 2 is 1.83 bits per heavy atom. The number of aromatic nitrogens is 1. The second-order valence-corrected chi connectivity index (χ2v) is 4.89. The van der Waals surface area contributed by atoms with Crippen molar-refractivity contribution in [3.63, 3.8) is 0 Å². The van der Waals surface area contributed by atoms with Crippen molar-refractivity contribution in [3.05, 3.63) is 90.1 Å². The maximum Gasteiger partial charge on any atom is 0.0682 e. The van der Waals surface area contributed by atoms with E-state index in [0.29, 0.717) is 0 Å². The van der Waals surface area contributed by atoms with Crippen molar-refractivity contribution >= 4 is 11.5 Å². The number of hydrogen-bond acceptors (Lipinski definition) is 3. The summed E-state index contributed by atoms with van der Waals surface area (Å²) >= 11 is 0. The Hall–Kier alpha value is -1.55. The molecule has 0 saturated heterocycles. The topological polar surface area (TPSA) is 45.1 Å². The van der Waals surface area contributed by atoms with Gasteiger partial charge >= 0.3 is 0 Å². The van der Waals surface area contributed by atoms with E-state index in [2.05, 4.69) is 35.4 Å². The minimum absolute atomic E-state index is 0. The van der Waals surface area contributed by atoms with Gasteiger partial charge in [-0.25, -0.2) is 0 Å². The van der Waals surface area contributed by atoms with Crippen LogP contribution in [-0.2, 0) is 45.7 Å². The van der Waals surface area contributed by atoms with Crippen molar-refractivity contribution in [1.29, 1.82) is 0 Å². The van der Waals surface area contributed by atoms with Crippen LogP contribution in [0.15, 0.2) is 66.9 Å². The van der Waals surface area contributed by atoms with E-state index in [0.717, 1.165) is 23.5 Å². The number of hydrogen-bond donors (Lipinski definition) is 2. The second kappa shape index (κ2) is 11.9. The first kappa shape index (κ1) is 20.5. The van der Waals surface area contributed by atoms with E-state index >= 15 is 0 Å². The molecule has 1 aromatic heterocycles. The maximum absolute atomic E-state index is 8.98. The molecule has 3 aromatic rings. The molecule has 4 heteroatoms. The third-order valence-electron chi connectivity index (χ3n) is 3.17. The van der Waals surface area contributed by atoms with Crippen molar-refractivity contribution in [2.75, 3.05) is 5.32 Å². The van der Waals surface area contributed by atoms with E-state index in [1.807, 2.05) is 42.5 Å². The number of aliphatic hydroxyl groups is 1. The molecule has 0 aliphatic heterocycles. The average Bonchev–Trinajstić information content (AvgIpc) is 2.64. The van der Waals surface area contributed by atoms with Crippen molar-refractivity contribution in [2.45, 2.75) is 20.0 Å². The molecule has 0 bridgehead atoms. The van der Waals surface area contributed by atoms with Gasteiger partial charge in [0, 0.05) is 44.2 Å². The SMILES string of the molecule is CCc1c[c-]ccc1.OCc1cccc(Nc2c[c-]ccn2)c1.[Y]. The first-order chi connectivity index (χ1) is 11.3. The zero-order valence-corrected chi connectivity index (χ0v) is 16.6. The number of aryl methyl sites for hydroxylation is 1. The monoisotopic (exact) mass is 393 g/mol. The molecule has 1 heterocycles. The normalized spacial score (nSPS) is 9.25. The second-order valence-electron chi connectivity index (χ2n) is 4.89. The molecule has 0 unspecified atom stereocenters. The van der Waals surface area contributed by atoms with Gasteiger partial charge in [-0.1, -0.05) is 31.7 Å². The summed E-state index contributed by atoms with van der Waals surface area (Å²) in [7, 11) is 0. The largest absolute Gasteiger partial charge is 0.393 e. The summed E-state index contributed by atoms with van der Waals surface area (Å²) in [5.41, 5.74) is 3.14. The number of anilines is 2. The van der Waals surface area contributed by atoms with Crippen LogP contribution in [0.4, 0.5) is 11.5 Å². The van der Waals surface area contributed by atoms with E-state index in [1.54, 1.807) is 18.3 Å². The Morgan fingerprint density at radius 1 is 1.04 bits per heavy atom. The molecular weight excluding hydrogens is 373 g/mol. The molecule has 121 valence electrons. The number of aliphatic hydroxyl groups excluding tert-OH is 1. The van der Waals surface area contributed by atoms with Crippen LogP contribution in [0.3, 0.4) is 0 Å². The summed E-state index contributed by atoms with van der Waals surface area (Å²) in [4.78, 5) is 4.12. The third kappa shape index (κ3) is 7.35. The molecule has 0 amide bonds. The molecule has 2 aromatic carbocycles. The standard InChI is InChI=1S/C12H11N2O.C8H9.Y/c15-9-10-4-3-5-11(8-10)14-12-6-1-2-7-13-12;1-2-8-6-4-3-5-7-8;/h2-8,15H,9H2,(H,13,14);3-4,6-7H,2H2,1H3;/q2*-1;. The fraction of sp³-hybridized carbons (Fsp3) is 0.150. The van der Waals surface area contributed by atoms with Gasteiger partial charge in [-0.2, -0.15) is 48.0 Å². The van der Waals surface area contributed by atoms with Crippen LogP contribution in [0.1, 0.15) is 18.1 Å². The maximum atomic E-state index is 8.98. The summed E-state index contributed by atoms with van der Waals surface area (Å²) < 4.78 is 0. The van der Waals surface area contributed by atoms with Crippen LogP contribution in [0.2, 0.25) is 0 Å². The average molecular weight is 393 g/mol. The smallest absolute Gasteiger partial charge is 0.0682 e. The molecule has 24 heavy (non-hydrogen) atoms. The van der Waals surface area contributed by atoms with Crippen molar-refractivity contribution in [1.82, 2.24) is 4.98 Å². The predicted molar refractivity (Wildman–Crippen MR) is 93.4 cm³/mol. The van der Waals surface area contributed by atoms with E-state index in [1.165, 1.54) is 5.56 Å². The van der Waals surface area contributed by atoms with Gasteiger partial charge in [-0.05, 0) is 17.7 Å². The van der Waals surface area contributed by atoms with Gasteiger partial charge in [0.1, 0.15) is 0 Å². The molecule has 0 atom stereocenters. The van der Waals surface area contributed by atoms with Gasteiger partial charge in [0.05, 0.1) is 6.61 Å². The summed E-state index contributed by atoms with van der Waals surface area (Å²) in [6, 6.07) is 25.1. The third-order valence-corrected chi connectivity index (χ3v) is 3.17. The Morgan fingerprint density at radius 3 is 2.42 bits per heavy atom. The van der Waals surface area contributed by atoms with Crippen LogP contribution in [0, 0.1) is 12.1 Å². The molecule has 0 saturated carbocycles. The van der Waals surface area contributed by atoms with Crippen LogP contribution in [-0.4, -0.2) is 10.1 Å². The Bertz CT molecular complexity index is 690. The van der Waals surface area contributed by atoms with Crippen molar-refractivity contribution < 1.29 is 37.8 Å². The zero-order chi connectivity index (χ0) is 16.3. The summed E-state index contributed by atoms with van der Waals surface area (Å²) in [5, 5.41) is 12.1. The Kier molecular flexibility index (Phi) is 10.2. The van der Waals surface area contributed by atoms with Gasteiger partial charge in [0.2, 0.25) is 0 Å². The number of rotatable bonds is 4. The molecular formula is C20H20N2OY-2. The quantitative estimate of drug-likeness (QED) is 0.655. The molecule has 3 rings (SSSR count). The van der Waals surface area contributed by atoms with Crippen molar-refractivity contribution in [3.8, 4) is 0 Å². The van der Waals surface area contributed by atoms with E-state index in [9.17, 15) is 0 Å². The van der Waals surface area contributed by atoms with Crippen LogP contribution in [0.5, 0.6) is 0 Å². The molecule has 3 nitrogen and oxygen atoms in total. The van der Waals surface area contributed by atoms with E-state index in [-0.39, 0.29) is 39.3 Å². The fourth-order valence-electron chi connectivity index (χ4n) is 1.94. The molecule has 0 spiro atoms. The van der Waals surface area contributed by atoms with Gasteiger partial charge in [0.15, 0.2) is 0 Å². The van der Waals surface area contributed by atoms with Crippen LogP contribution >= 0.6 is 0 Å². The molecule has 0 fully saturated rings. The van der Waals surface area contributed by atoms with Gasteiger partial charge in [0.25, 0.3) is 0 Å². The first-order valence-corrected chi connectivity index (χ1v) is 7.55. The van der Waals surface area contributed by atoms with Gasteiger partial charge in [-0.3, -0.25) is 0 Å². The van der Waals surface area contributed by atoms with E-state index in [4.69, 9.17) is 5.11 Å². The Labute approximate surface area is 169 Å². The minimum atomic E-state index is 0. The molecule has 0 aliphatic rings.